The molecular formula is C24H16BrF4NO3. The minimum absolute atomic E-state index is 0.116. The third kappa shape index (κ3) is 4.37. The Labute approximate surface area is 194 Å². The lowest BCUT2D eigenvalue weighted by Crippen LogP contribution is -2.44. The van der Waals surface area contributed by atoms with Crippen molar-refractivity contribution in [2.24, 2.45) is 0 Å². The molecule has 3 aromatic rings. The Balaban J connectivity index is 1.88. The summed E-state index contributed by atoms with van der Waals surface area (Å²) in [4.78, 5) is 26.9. The first-order valence-electron chi connectivity index (χ1n) is 9.81. The van der Waals surface area contributed by atoms with Crippen molar-refractivity contribution in [2.75, 3.05) is 0 Å². The van der Waals surface area contributed by atoms with E-state index in [0.29, 0.717) is 29.3 Å². The summed E-state index contributed by atoms with van der Waals surface area (Å²) in [5.74, 6) is -3.92. The van der Waals surface area contributed by atoms with Crippen molar-refractivity contribution < 1.29 is 32.3 Å². The van der Waals surface area contributed by atoms with Crippen LogP contribution in [0.15, 0.2) is 71.2 Å². The predicted octanol–water partition coefficient (Wildman–Crippen LogP) is 6.17. The van der Waals surface area contributed by atoms with Crippen LogP contribution in [0.1, 0.15) is 44.6 Å². The molecule has 0 fully saturated rings. The number of rotatable bonds is 4. The molecule has 0 saturated carbocycles. The number of carboxylic acid groups (broad SMARTS) is 1. The normalized spacial score (nSPS) is 18.2. The Bertz CT molecular complexity index is 1230. The highest BCUT2D eigenvalue weighted by molar-refractivity contribution is 9.10. The van der Waals surface area contributed by atoms with E-state index in [9.17, 15) is 32.3 Å². The lowest BCUT2D eigenvalue weighted by Gasteiger charge is -2.41. The van der Waals surface area contributed by atoms with Crippen molar-refractivity contribution in [3.63, 3.8) is 0 Å². The van der Waals surface area contributed by atoms with Crippen molar-refractivity contribution in [3.05, 3.63) is 105 Å². The minimum atomic E-state index is -4.70. The summed E-state index contributed by atoms with van der Waals surface area (Å²) >= 11 is 3.30. The van der Waals surface area contributed by atoms with Crippen LogP contribution in [0.25, 0.3) is 0 Å². The van der Waals surface area contributed by atoms with Crippen LogP contribution in [0.3, 0.4) is 0 Å². The highest BCUT2D eigenvalue weighted by Crippen LogP contribution is 2.44. The largest absolute Gasteiger partial charge is 0.481 e. The molecule has 0 aliphatic carbocycles. The van der Waals surface area contributed by atoms with Crippen molar-refractivity contribution in [1.29, 1.82) is 0 Å². The van der Waals surface area contributed by atoms with Crippen LogP contribution in [-0.4, -0.2) is 21.9 Å². The number of amides is 1. The first-order chi connectivity index (χ1) is 15.6. The smallest absolute Gasteiger partial charge is 0.416 e. The van der Waals surface area contributed by atoms with Gasteiger partial charge in [0.2, 0.25) is 0 Å². The van der Waals surface area contributed by atoms with Gasteiger partial charge < -0.3 is 10.0 Å². The van der Waals surface area contributed by atoms with Gasteiger partial charge in [-0.25, -0.2) is 4.39 Å². The Hall–Kier alpha value is -3.20. The standard InChI is InChI=1S/C24H16BrF4NO3/c25-16-8-5-13(6-9-16)21-20(23(32)33)17-3-1-2-4-18(17)22(31)30(21)12-14-11-15(24(27,28)29)7-10-19(14)26/h1-11,20-21H,12H2,(H,32,33). The Morgan fingerprint density at radius 3 is 2.33 bits per heavy atom. The van der Waals surface area contributed by atoms with Gasteiger partial charge in [0, 0.05) is 22.1 Å². The molecule has 0 spiro atoms. The second-order valence-electron chi connectivity index (χ2n) is 7.64. The first-order valence-corrected chi connectivity index (χ1v) is 10.6. The summed E-state index contributed by atoms with van der Waals surface area (Å²) in [6, 6.07) is 13.7. The molecule has 1 amide bonds. The fourth-order valence-corrected chi connectivity index (χ4v) is 4.38. The molecule has 0 aromatic heterocycles. The number of fused-ring (bicyclic) bond motifs is 1. The van der Waals surface area contributed by atoms with E-state index in [-0.39, 0.29) is 11.1 Å². The molecule has 4 nitrogen and oxygen atoms in total. The van der Waals surface area contributed by atoms with Crippen LogP contribution < -0.4 is 0 Å². The van der Waals surface area contributed by atoms with Crippen molar-refractivity contribution in [3.8, 4) is 0 Å². The third-order valence-electron chi connectivity index (χ3n) is 5.63. The summed E-state index contributed by atoms with van der Waals surface area (Å²) in [5.41, 5.74) is -0.544. The third-order valence-corrected chi connectivity index (χ3v) is 6.16. The predicted molar refractivity (Wildman–Crippen MR) is 115 cm³/mol. The van der Waals surface area contributed by atoms with E-state index < -0.39 is 47.9 Å². The van der Waals surface area contributed by atoms with Gasteiger partial charge in [0.05, 0.1) is 11.6 Å². The zero-order valence-electron chi connectivity index (χ0n) is 16.8. The summed E-state index contributed by atoms with van der Waals surface area (Å²) in [5, 5.41) is 10.1. The fraction of sp³-hybridized carbons (Fsp3) is 0.167. The SMILES string of the molecule is O=C(O)C1c2ccccc2C(=O)N(Cc2cc(C(F)(F)F)ccc2F)C1c1ccc(Br)cc1. The number of nitrogens with zero attached hydrogens (tertiary/aromatic N) is 1. The van der Waals surface area contributed by atoms with E-state index in [1.54, 1.807) is 42.5 Å². The highest BCUT2D eigenvalue weighted by atomic mass is 79.9. The van der Waals surface area contributed by atoms with Crippen LogP contribution in [0, 0.1) is 5.82 Å². The quantitative estimate of drug-likeness (QED) is 0.417. The molecule has 2 unspecified atom stereocenters. The molecular weight excluding hydrogens is 506 g/mol. The van der Waals surface area contributed by atoms with Crippen molar-refractivity contribution in [1.82, 2.24) is 4.90 Å². The van der Waals surface area contributed by atoms with Gasteiger partial charge in [-0.05, 0) is 47.5 Å². The lowest BCUT2D eigenvalue weighted by molar-refractivity contribution is -0.140. The Morgan fingerprint density at radius 2 is 1.70 bits per heavy atom. The number of carbonyl (C=O) groups is 2. The number of carboxylic acids is 1. The molecule has 2 atom stereocenters. The topological polar surface area (TPSA) is 57.6 Å². The van der Waals surface area contributed by atoms with Gasteiger partial charge in [-0.3, -0.25) is 9.59 Å². The molecule has 9 heteroatoms. The molecule has 0 radical (unpaired) electrons. The molecule has 1 aliphatic heterocycles. The monoisotopic (exact) mass is 521 g/mol. The summed E-state index contributed by atoms with van der Waals surface area (Å²) in [6.45, 7) is -0.534. The zero-order valence-corrected chi connectivity index (χ0v) is 18.4. The minimum Gasteiger partial charge on any atom is -0.481 e. The maximum atomic E-state index is 14.5. The van der Waals surface area contributed by atoms with Crippen LogP contribution in [-0.2, 0) is 17.5 Å². The molecule has 4 rings (SSSR count). The molecule has 0 saturated heterocycles. The van der Waals surface area contributed by atoms with Crippen LogP contribution in [0.2, 0.25) is 0 Å². The van der Waals surface area contributed by atoms with Crippen molar-refractivity contribution in [2.45, 2.75) is 24.7 Å². The second kappa shape index (κ2) is 8.62. The van der Waals surface area contributed by atoms with E-state index >= 15 is 0 Å². The number of aliphatic carboxylic acids is 1. The van der Waals surface area contributed by atoms with Crippen LogP contribution >= 0.6 is 15.9 Å². The molecule has 0 bridgehead atoms. The number of halogens is 5. The average Bonchev–Trinajstić information content (AvgIpc) is 2.76. The van der Waals surface area contributed by atoms with Crippen molar-refractivity contribution >= 4 is 27.8 Å². The van der Waals surface area contributed by atoms with Gasteiger partial charge >= 0.3 is 12.1 Å². The fourth-order valence-electron chi connectivity index (χ4n) is 4.12. The van der Waals surface area contributed by atoms with E-state index in [2.05, 4.69) is 15.9 Å². The Kier molecular flexibility index (Phi) is 6.00. The number of benzene rings is 3. The second-order valence-corrected chi connectivity index (χ2v) is 8.55. The summed E-state index contributed by atoms with van der Waals surface area (Å²) in [7, 11) is 0. The number of hydrogen-bond donors (Lipinski definition) is 1. The van der Waals surface area contributed by atoms with Crippen LogP contribution in [0.4, 0.5) is 17.6 Å². The zero-order chi connectivity index (χ0) is 23.9. The number of alkyl halides is 3. The Morgan fingerprint density at radius 1 is 1.03 bits per heavy atom. The summed E-state index contributed by atoms with van der Waals surface area (Å²) < 4.78 is 54.9. The van der Waals surface area contributed by atoms with Gasteiger partial charge in [-0.2, -0.15) is 13.2 Å². The van der Waals surface area contributed by atoms with Gasteiger partial charge in [0.15, 0.2) is 0 Å². The number of carbonyl (C=O) groups excluding carboxylic acids is 1. The number of hydrogen-bond acceptors (Lipinski definition) is 2. The van der Waals surface area contributed by atoms with Gasteiger partial charge in [0.1, 0.15) is 11.7 Å². The molecule has 1 heterocycles. The van der Waals surface area contributed by atoms with Gasteiger partial charge in [-0.1, -0.05) is 46.3 Å². The molecule has 1 N–H and O–H groups in total. The molecule has 170 valence electrons. The highest BCUT2D eigenvalue weighted by Gasteiger charge is 2.44. The maximum Gasteiger partial charge on any atom is 0.416 e. The maximum absolute atomic E-state index is 14.5. The van der Waals surface area contributed by atoms with Crippen LogP contribution in [0.5, 0.6) is 0 Å². The van der Waals surface area contributed by atoms with E-state index in [1.807, 2.05) is 0 Å². The molecule has 1 aliphatic rings. The van der Waals surface area contributed by atoms with E-state index in [4.69, 9.17) is 0 Å². The van der Waals surface area contributed by atoms with Gasteiger partial charge in [0.25, 0.3) is 5.91 Å². The molecule has 3 aromatic carbocycles. The van der Waals surface area contributed by atoms with E-state index in [0.717, 1.165) is 9.37 Å². The van der Waals surface area contributed by atoms with E-state index in [1.165, 1.54) is 6.07 Å². The summed E-state index contributed by atoms with van der Waals surface area (Å²) in [6.07, 6.45) is -4.70. The van der Waals surface area contributed by atoms with Gasteiger partial charge in [-0.15, -0.1) is 0 Å². The first kappa shape index (κ1) is 23.0. The lowest BCUT2D eigenvalue weighted by atomic mass is 9.79. The molecule has 33 heavy (non-hydrogen) atoms. The average molecular weight is 522 g/mol.